The summed E-state index contributed by atoms with van der Waals surface area (Å²) in [4.78, 5) is 11.3. The third-order valence-electron chi connectivity index (χ3n) is 3.37. The molecule has 0 amide bonds. The van der Waals surface area contributed by atoms with Crippen LogP contribution in [0.2, 0.25) is 0 Å². The number of carbonyl (C=O) groups excluding carboxylic acids is 1. The van der Waals surface area contributed by atoms with E-state index in [0.717, 1.165) is 11.8 Å². The Balaban J connectivity index is 2.27. The predicted octanol–water partition coefficient (Wildman–Crippen LogP) is 3.37. The summed E-state index contributed by atoms with van der Waals surface area (Å²) in [6.45, 7) is 0. The van der Waals surface area contributed by atoms with Gasteiger partial charge in [0, 0.05) is 5.92 Å². The van der Waals surface area contributed by atoms with Crippen LogP contribution >= 0.6 is 0 Å². The number of methoxy groups -OCH3 is 2. The van der Waals surface area contributed by atoms with Gasteiger partial charge in [0.15, 0.2) is 11.5 Å². The van der Waals surface area contributed by atoms with Crippen LogP contribution in [0.4, 0.5) is 4.39 Å². The molecule has 0 aliphatic rings. The first-order valence-corrected chi connectivity index (χ1v) is 6.60. The lowest BCUT2D eigenvalue weighted by Crippen LogP contribution is -2.07. The van der Waals surface area contributed by atoms with Crippen LogP contribution in [-0.2, 0) is 11.2 Å². The minimum absolute atomic E-state index is 0.366. The highest BCUT2D eigenvalue weighted by Gasteiger charge is 2.16. The van der Waals surface area contributed by atoms with Gasteiger partial charge in [-0.3, -0.25) is 0 Å². The number of ether oxygens (including phenoxy) is 2. The Labute approximate surface area is 123 Å². The van der Waals surface area contributed by atoms with Crippen LogP contribution in [0, 0.1) is 5.82 Å². The molecular weight excluding hydrogens is 271 g/mol. The van der Waals surface area contributed by atoms with Gasteiger partial charge in [0.1, 0.15) is 12.1 Å². The van der Waals surface area contributed by atoms with E-state index in [1.165, 1.54) is 6.07 Å². The van der Waals surface area contributed by atoms with Crippen molar-refractivity contribution in [2.45, 2.75) is 12.3 Å². The molecule has 0 aliphatic heterocycles. The van der Waals surface area contributed by atoms with Crippen molar-refractivity contribution in [3.63, 3.8) is 0 Å². The SMILES string of the molecule is COc1ccc(CC(C=O)c2ccccc2F)cc1OC. The minimum atomic E-state index is -0.524. The maximum Gasteiger partial charge on any atom is 0.160 e. The van der Waals surface area contributed by atoms with E-state index in [1.807, 2.05) is 6.07 Å². The molecule has 2 aromatic rings. The summed E-state index contributed by atoms with van der Waals surface area (Å²) in [7, 11) is 3.11. The highest BCUT2D eigenvalue weighted by Crippen LogP contribution is 2.30. The fourth-order valence-corrected chi connectivity index (χ4v) is 2.27. The smallest absolute Gasteiger partial charge is 0.160 e. The largest absolute Gasteiger partial charge is 0.493 e. The molecule has 0 aliphatic carbocycles. The molecule has 4 heteroatoms. The molecule has 21 heavy (non-hydrogen) atoms. The summed E-state index contributed by atoms with van der Waals surface area (Å²) in [6, 6.07) is 11.8. The van der Waals surface area contributed by atoms with Crippen LogP contribution in [0.5, 0.6) is 11.5 Å². The number of rotatable bonds is 6. The normalized spacial score (nSPS) is 11.8. The number of carbonyl (C=O) groups is 1. The standard InChI is InChI=1S/C17H17FO3/c1-20-16-8-7-12(10-17(16)21-2)9-13(11-19)14-5-3-4-6-15(14)18/h3-8,10-11,13H,9H2,1-2H3. The highest BCUT2D eigenvalue weighted by atomic mass is 19.1. The lowest BCUT2D eigenvalue weighted by Gasteiger charge is -2.14. The molecule has 0 spiro atoms. The fourth-order valence-electron chi connectivity index (χ4n) is 2.27. The van der Waals surface area contributed by atoms with Gasteiger partial charge < -0.3 is 14.3 Å². The summed E-state index contributed by atoms with van der Waals surface area (Å²) < 4.78 is 24.2. The first-order valence-electron chi connectivity index (χ1n) is 6.60. The van der Waals surface area contributed by atoms with E-state index in [0.29, 0.717) is 23.5 Å². The fraction of sp³-hybridized carbons (Fsp3) is 0.235. The molecule has 0 saturated carbocycles. The predicted molar refractivity (Wildman–Crippen MR) is 78.5 cm³/mol. The first-order chi connectivity index (χ1) is 10.2. The van der Waals surface area contributed by atoms with E-state index in [4.69, 9.17) is 9.47 Å². The number of hydrogen-bond acceptors (Lipinski definition) is 3. The van der Waals surface area contributed by atoms with Gasteiger partial charge in [-0.05, 0) is 35.7 Å². The van der Waals surface area contributed by atoms with E-state index >= 15 is 0 Å². The lowest BCUT2D eigenvalue weighted by atomic mass is 9.92. The monoisotopic (exact) mass is 288 g/mol. The molecule has 0 radical (unpaired) electrons. The van der Waals surface area contributed by atoms with Gasteiger partial charge >= 0.3 is 0 Å². The average Bonchev–Trinajstić information content (AvgIpc) is 2.53. The molecule has 0 N–H and O–H groups in total. The summed E-state index contributed by atoms with van der Waals surface area (Å²) >= 11 is 0. The molecule has 2 aromatic carbocycles. The second-order valence-electron chi connectivity index (χ2n) is 4.66. The van der Waals surface area contributed by atoms with Crippen molar-refractivity contribution >= 4 is 6.29 Å². The topological polar surface area (TPSA) is 35.5 Å². The number of aldehydes is 1. The number of hydrogen-bond donors (Lipinski definition) is 0. The Bertz CT molecular complexity index is 625. The van der Waals surface area contributed by atoms with Crippen molar-refractivity contribution in [2.75, 3.05) is 14.2 Å². The second-order valence-corrected chi connectivity index (χ2v) is 4.66. The van der Waals surface area contributed by atoms with Crippen molar-refractivity contribution < 1.29 is 18.7 Å². The average molecular weight is 288 g/mol. The number of halogens is 1. The minimum Gasteiger partial charge on any atom is -0.493 e. The van der Waals surface area contributed by atoms with Crippen molar-refractivity contribution in [3.8, 4) is 11.5 Å². The molecule has 110 valence electrons. The zero-order valence-corrected chi connectivity index (χ0v) is 12.0. The summed E-state index contributed by atoms with van der Waals surface area (Å²) in [5.41, 5.74) is 1.29. The van der Waals surface area contributed by atoms with Crippen LogP contribution in [0.25, 0.3) is 0 Å². The maximum absolute atomic E-state index is 13.8. The van der Waals surface area contributed by atoms with Crippen LogP contribution < -0.4 is 9.47 Å². The van der Waals surface area contributed by atoms with Crippen LogP contribution in [0.1, 0.15) is 17.0 Å². The Morgan fingerprint density at radius 3 is 2.43 bits per heavy atom. The highest BCUT2D eigenvalue weighted by molar-refractivity contribution is 5.63. The molecule has 1 atom stereocenters. The van der Waals surface area contributed by atoms with E-state index in [2.05, 4.69) is 0 Å². The molecule has 1 unspecified atom stereocenters. The van der Waals surface area contributed by atoms with Gasteiger partial charge in [-0.2, -0.15) is 0 Å². The van der Waals surface area contributed by atoms with Gasteiger partial charge in [0.05, 0.1) is 14.2 Å². The van der Waals surface area contributed by atoms with Crippen molar-refractivity contribution in [3.05, 3.63) is 59.4 Å². The van der Waals surface area contributed by atoms with Crippen molar-refractivity contribution in [1.29, 1.82) is 0 Å². The number of benzene rings is 2. The van der Waals surface area contributed by atoms with Gasteiger partial charge in [0.2, 0.25) is 0 Å². The molecule has 0 bridgehead atoms. The van der Waals surface area contributed by atoms with Gasteiger partial charge in [-0.1, -0.05) is 24.3 Å². The summed E-state index contributed by atoms with van der Waals surface area (Å²) in [5, 5.41) is 0. The molecule has 0 aromatic heterocycles. The third kappa shape index (κ3) is 3.40. The lowest BCUT2D eigenvalue weighted by molar-refractivity contribution is -0.109. The Morgan fingerprint density at radius 2 is 1.81 bits per heavy atom. The summed E-state index contributed by atoms with van der Waals surface area (Å²) in [6.07, 6.45) is 1.18. The quantitative estimate of drug-likeness (QED) is 0.765. The van der Waals surface area contributed by atoms with E-state index in [9.17, 15) is 9.18 Å². The van der Waals surface area contributed by atoms with Gasteiger partial charge in [0.25, 0.3) is 0 Å². The third-order valence-corrected chi connectivity index (χ3v) is 3.37. The second kappa shape index (κ2) is 6.88. The Morgan fingerprint density at radius 1 is 1.10 bits per heavy atom. The zero-order chi connectivity index (χ0) is 15.2. The summed E-state index contributed by atoms with van der Waals surface area (Å²) in [5.74, 6) is 0.322. The maximum atomic E-state index is 13.8. The van der Waals surface area contributed by atoms with Gasteiger partial charge in [-0.15, -0.1) is 0 Å². The molecule has 0 saturated heterocycles. The van der Waals surface area contributed by atoms with Crippen molar-refractivity contribution in [2.24, 2.45) is 0 Å². The molecule has 0 heterocycles. The van der Waals surface area contributed by atoms with E-state index in [-0.39, 0.29) is 5.82 Å². The Hall–Kier alpha value is -2.36. The molecular formula is C17H17FO3. The molecule has 0 fully saturated rings. The van der Waals surface area contributed by atoms with E-state index in [1.54, 1.807) is 44.6 Å². The van der Waals surface area contributed by atoms with Crippen LogP contribution in [0.15, 0.2) is 42.5 Å². The van der Waals surface area contributed by atoms with Crippen LogP contribution in [0.3, 0.4) is 0 Å². The molecule has 3 nitrogen and oxygen atoms in total. The van der Waals surface area contributed by atoms with E-state index < -0.39 is 5.92 Å². The zero-order valence-electron chi connectivity index (χ0n) is 12.0. The molecule has 2 rings (SSSR count). The van der Waals surface area contributed by atoms with Gasteiger partial charge in [-0.25, -0.2) is 4.39 Å². The van der Waals surface area contributed by atoms with Crippen molar-refractivity contribution in [1.82, 2.24) is 0 Å². The Kier molecular flexibility index (Phi) is 4.93. The van der Waals surface area contributed by atoms with Crippen LogP contribution in [-0.4, -0.2) is 20.5 Å². The first kappa shape index (κ1) is 15.0.